The van der Waals surface area contributed by atoms with Crippen LogP contribution in [0.25, 0.3) is 0 Å². The van der Waals surface area contributed by atoms with Crippen LogP contribution in [-0.2, 0) is 0 Å². The Morgan fingerprint density at radius 3 is 1.13 bits per heavy atom. The molecule has 0 aliphatic rings. The summed E-state index contributed by atoms with van der Waals surface area (Å²) in [5.41, 5.74) is 13.6. The molecule has 0 aromatic heterocycles. The molecule has 9 heteroatoms. The van der Waals surface area contributed by atoms with Crippen molar-refractivity contribution in [2.45, 2.75) is 0 Å². The van der Waals surface area contributed by atoms with Crippen molar-refractivity contribution < 1.29 is 23.8 Å². The minimum absolute atomic E-state index is 0.348. The number of hydrogen-bond acceptors (Lipinski definition) is 8. The zero-order chi connectivity index (χ0) is 31.0. The molecule has 0 heterocycles. The highest BCUT2D eigenvalue weighted by Gasteiger charge is 2.08. The van der Waals surface area contributed by atoms with E-state index in [0.717, 1.165) is 0 Å². The fourth-order valence-corrected chi connectivity index (χ4v) is 4.20. The third-order valence-electron chi connectivity index (χ3n) is 6.41. The first-order chi connectivity index (χ1) is 21.9. The molecule has 0 bridgehead atoms. The van der Waals surface area contributed by atoms with Gasteiger partial charge in [-0.15, -0.1) is 0 Å². The molecular weight excluding hydrogens is 568 g/mol. The van der Waals surface area contributed by atoms with Gasteiger partial charge in [0.15, 0.2) is 0 Å². The molecule has 0 unspecified atom stereocenters. The van der Waals surface area contributed by atoms with Crippen LogP contribution in [0, 0.1) is 5.21 Å². The number of nitrogens with two attached hydrogens (primary N) is 2. The summed E-state index contributed by atoms with van der Waals surface area (Å²) >= 11 is 0. The molecule has 0 amide bonds. The van der Waals surface area contributed by atoms with Gasteiger partial charge in [0.05, 0.1) is 0 Å². The number of hydrogen-bond donors (Lipinski definition) is 2. The van der Waals surface area contributed by atoms with Gasteiger partial charge >= 0.3 is 0 Å². The Bertz CT molecular complexity index is 1910. The van der Waals surface area contributed by atoms with Crippen LogP contribution in [0.3, 0.4) is 0 Å². The predicted octanol–water partition coefficient (Wildman–Crippen LogP) is 9.95. The normalized spacial score (nSPS) is 11.1. The van der Waals surface area contributed by atoms with Gasteiger partial charge in [-0.05, 0) is 109 Å². The highest BCUT2D eigenvalue weighted by atomic mass is 16.5. The van der Waals surface area contributed by atoms with Crippen molar-refractivity contribution >= 4 is 22.7 Å². The summed E-state index contributed by atoms with van der Waals surface area (Å²) in [5.74, 6) is 4.90. The van der Waals surface area contributed by atoms with Crippen molar-refractivity contribution in [1.82, 2.24) is 0 Å². The van der Waals surface area contributed by atoms with Gasteiger partial charge in [0.25, 0.3) is 0 Å². The summed E-state index contributed by atoms with van der Waals surface area (Å²) in [6, 6.07) is 42.4. The number of anilines is 2. The molecule has 6 aromatic carbocycles. The summed E-state index contributed by atoms with van der Waals surface area (Å²) in [5, 5.41) is 16.9. The van der Waals surface area contributed by atoms with E-state index in [0.29, 0.717) is 73.6 Å². The van der Waals surface area contributed by atoms with Crippen LogP contribution in [0.15, 0.2) is 151 Å². The standard InChI is InChI=1S/C36H28N4O5/c37-25-7-15-29(16-8-25)42-33-3-1-5-35(23-33)44-31-19-11-27(12-20-31)39-40(41)28-13-21-32(22-14-28)45-36-6-2-4-34(24-36)43-30-17-9-26(38)10-18-30/h1-24H,37-38H2. The first-order valence-corrected chi connectivity index (χ1v) is 14.0. The molecule has 0 aliphatic heterocycles. The van der Waals surface area contributed by atoms with E-state index in [1.165, 1.54) is 0 Å². The van der Waals surface area contributed by atoms with Crippen LogP contribution >= 0.6 is 0 Å². The number of rotatable bonds is 10. The molecule has 6 aromatic rings. The maximum Gasteiger partial charge on any atom is 0.245 e. The van der Waals surface area contributed by atoms with Crippen molar-refractivity contribution in [3.8, 4) is 46.0 Å². The topological polar surface area (TPSA) is 127 Å². The highest BCUT2D eigenvalue weighted by molar-refractivity contribution is 5.47. The van der Waals surface area contributed by atoms with Crippen molar-refractivity contribution in [2.75, 3.05) is 11.5 Å². The largest absolute Gasteiger partial charge is 0.594 e. The van der Waals surface area contributed by atoms with Gasteiger partial charge in [-0.1, -0.05) is 17.0 Å². The monoisotopic (exact) mass is 596 g/mol. The summed E-state index contributed by atoms with van der Waals surface area (Å²) in [6.07, 6.45) is 0. The van der Waals surface area contributed by atoms with Gasteiger partial charge in [-0.3, -0.25) is 0 Å². The van der Waals surface area contributed by atoms with E-state index in [4.69, 9.17) is 30.4 Å². The lowest BCUT2D eigenvalue weighted by atomic mass is 10.3. The SMILES string of the molecule is Nc1ccc(Oc2cccc(Oc3ccc(N=[N+]([O-])c4ccc(Oc5cccc(Oc6ccc(N)cc6)c5)cc4)cc3)c2)cc1. The Hall–Kier alpha value is -6.48. The molecule has 0 saturated carbocycles. The minimum Gasteiger partial charge on any atom is -0.594 e. The second kappa shape index (κ2) is 13.2. The maximum atomic E-state index is 12.7. The Morgan fingerprint density at radius 2 is 0.756 bits per heavy atom. The Kier molecular flexibility index (Phi) is 8.41. The number of nitrogens with zero attached hydrogens (tertiary/aromatic N) is 2. The zero-order valence-corrected chi connectivity index (χ0v) is 23.9. The van der Waals surface area contributed by atoms with Crippen molar-refractivity contribution in [3.63, 3.8) is 0 Å². The average molecular weight is 597 g/mol. The van der Waals surface area contributed by atoms with Crippen LogP contribution < -0.4 is 30.4 Å². The van der Waals surface area contributed by atoms with Gasteiger partial charge in [0.2, 0.25) is 5.69 Å². The molecule has 45 heavy (non-hydrogen) atoms. The number of benzene rings is 6. The average Bonchev–Trinajstić information content (AvgIpc) is 3.05. The molecule has 0 spiro atoms. The van der Waals surface area contributed by atoms with Crippen LogP contribution in [0.4, 0.5) is 22.7 Å². The molecule has 9 nitrogen and oxygen atoms in total. The second-order valence-corrected chi connectivity index (χ2v) is 9.86. The quantitative estimate of drug-likeness (QED) is 0.0697. The van der Waals surface area contributed by atoms with Crippen LogP contribution in [0.1, 0.15) is 0 Å². The van der Waals surface area contributed by atoms with Crippen molar-refractivity contribution in [1.29, 1.82) is 0 Å². The van der Waals surface area contributed by atoms with Crippen LogP contribution in [0.5, 0.6) is 46.0 Å². The number of ether oxygens (including phenoxy) is 4. The molecule has 4 N–H and O–H groups in total. The summed E-state index contributed by atoms with van der Waals surface area (Å²) in [7, 11) is 0. The Labute approximate surface area is 259 Å². The van der Waals surface area contributed by atoms with E-state index in [1.807, 2.05) is 36.4 Å². The smallest absolute Gasteiger partial charge is 0.245 e. The summed E-state index contributed by atoms with van der Waals surface area (Å²) < 4.78 is 23.7. The van der Waals surface area contributed by atoms with E-state index in [2.05, 4.69) is 5.11 Å². The molecule has 0 atom stereocenters. The number of nitrogen functional groups attached to an aromatic ring is 2. The van der Waals surface area contributed by atoms with Gasteiger partial charge < -0.3 is 35.6 Å². The van der Waals surface area contributed by atoms with E-state index in [-0.39, 0.29) is 0 Å². The number of azo groups is 1. The van der Waals surface area contributed by atoms with E-state index < -0.39 is 0 Å². The van der Waals surface area contributed by atoms with E-state index in [1.54, 1.807) is 109 Å². The zero-order valence-electron chi connectivity index (χ0n) is 23.9. The molecule has 0 fully saturated rings. The Balaban J connectivity index is 1.05. The van der Waals surface area contributed by atoms with Gasteiger partial charge in [0, 0.05) is 40.8 Å². The van der Waals surface area contributed by atoms with E-state index in [9.17, 15) is 5.21 Å². The molecule has 222 valence electrons. The van der Waals surface area contributed by atoms with E-state index >= 15 is 0 Å². The van der Waals surface area contributed by atoms with Crippen LogP contribution in [0.2, 0.25) is 0 Å². The molecular formula is C36H28N4O5. The lowest BCUT2D eigenvalue weighted by molar-refractivity contribution is -0.435. The molecule has 0 saturated heterocycles. The minimum atomic E-state index is 0.348. The fourth-order valence-electron chi connectivity index (χ4n) is 4.20. The Morgan fingerprint density at radius 1 is 0.422 bits per heavy atom. The predicted molar refractivity (Wildman–Crippen MR) is 173 cm³/mol. The molecule has 0 radical (unpaired) electrons. The molecule has 6 rings (SSSR count). The fraction of sp³-hybridized carbons (Fsp3) is 0. The maximum absolute atomic E-state index is 12.7. The van der Waals surface area contributed by atoms with Gasteiger partial charge in [0.1, 0.15) is 51.7 Å². The lowest BCUT2D eigenvalue weighted by Crippen LogP contribution is -1.91. The summed E-state index contributed by atoms with van der Waals surface area (Å²) in [4.78, 5) is 0.554. The first kappa shape index (κ1) is 28.6. The van der Waals surface area contributed by atoms with Crippen LogP contribution in [-0.4, -0.2) is 4.86 Å². The third-order valence-corrected chi connectivity index (χ3v) is 6.41. The molecule has 0 aliphatic carbocycles. The second-order valence-electron chi connectivity index (χ2n) is 9.86. The van der Waals surface area contributed by atoms with Crippen molar-refractivity contribution in [2.24, 2.45) is 5.11 Å². The van der Waals surface area contributed by atoms with Crippen molar-refractivity contribution in [3.05, 3.63) is 151 Å². The highest BCUT2D eigenvalue weighted by Crippen LogP contribution is 2.32. The van der Waals surface area contributed by atoms with Gasteiger partial charge in [-0.25, -0.2) is 0 Å². The lowest BCUT2D eigenvalue weighted by Gasteiger charge is -2.10. The first-order valence-electron chi connectivity index (χ1n) is 14.0. The third kappa shape index (κ3) is 7.88. The van der Waals surface area contributed by atoms with Gasteiger partial charge in [-0.2, -0.15) is 0 Å². The summed E-state index contributed by atoms with van der Waals surface area (Å²) in [6.45, 7) is 0.